The van der Waals surface area contributed by atoms with Crippen molar-refractivity contribution < 1.29 is 4.74 Å². The third-order valence-electron chi connectivity index (χ3n) is 4.12. The Morgan fingerprint density at radius 1 is 1.33 bits per heavy atom. The first-order valence-electron chi connectivity index (χ1n) is 6.71. The predicted octanol–water partition coefficient (Wildman–Crippen LogP) is 2.50. The van der Waals surface area contributed by atoms with Crippen molar-refractivity contribution in [3.63, 3.8) is 0 Å². The molecule has 2 N–H and O–H groups in total. The molecule has 5 nitrogen and oxygen atoms in total. The van der Waals surface area contributed by atoms with E-state index in [4.69, 9.17) is 10.5 Å². The minimum absolute atomic E-state index is 0.168. The van der Waals surface area contributed by atoms with Gasteiger partial charge in [-0.25, -0.2) is 4.68 Å². The third kappa shape index (κ3) is 2.40. The molecule has 2 heterocycles. The van der Waals surface area contributed by atoms with Gasteiger partial charge in [-0.15, -0.1) is 5.10 Å². The zero-order valence-electron chi connectivity index (χ0n) is 10.4. The van der Waals surface area contributed by atoms with Gasteiger partial charge >= 0.3 is 0 Å². The van der Waals surface area contributed by atoms with E-state index in [-0.39, 0.29) is 11.7 Å². The number of anilines is 1. The van der Waals surface area contributed by atoms with Gasteiger partial charge in [-0.2, -0.15) is 4.98 Å². The normalized spacial score (nSPS) is 26.8. The number of nitrogens with zero attached hydrogens (tertiary/aromatic N) is 3. The van der Waals surface area contributed by atoms with Crippen LogP contribution in [-0.2, 0) is 11.3 Å². The molecule has 0 aromatic carbocycles. The quantitative estimate of drug-likeness (QED) is 0.910. The maximum absolute atomic E-state index is 6.31. The van der Waals surface area contributed by atoms with E-state index < -0.39 is 0 Å². The van der Waals surface area contributed by atoms with Gasteiger partial charge in [-0.1, -0.05) is 19.3 Å². The van der Waals surface area contributed by atoms with Gasteiger partial charge in [0.1, 0.15) is 0 Å². The van der Waals surface area contributed by atoms with Crippen LogP contribution in [0, 0.1) is 0 Å². The van der Waals surface area contributed by atoms with Crippen LogP contribution < -0.4 is 5.73 Å². The number of hydrogen-bond acceptors (Lipinski definition) is 4. The van der Waals surface area contributed by atoms with Gasteiger partial charge in [0.2, 0.25) is 5.95 Å². The van der Waals surface area contributed by atoms with Gasteiger partial charge in [-0.05, 0) is 41.6 Å². The SMILES string of the molecule is Nc1nc(Br)n(CC2CCC3(CCCCC3)O2)n1. The average molecular weight is 315 g/mol. The smallest absolute Gasteiger partial charge is 0.240 e. The Morgan fingerprint density at radius 2 is 2.11 bits per heavy atom. The molecule has 6 heteroatoms. The summed E-state index contributed by atoms with van der Waals surface area (Å²) in [5.41, 5.74) is 5.74. The van der Waals surface area contributed by atoms with Crippen LogP contribution in [0.2, 0.25) is 0 Å². The summed E-state index contributed by atoms with van der Waals surface area (Å²) in [4.78, 5) is 4.05. The molecule has 1 aromatic rings. The fraction of sp³-hybridized carbons (Fsp3) is 0.833. The summed E-state index contributed by atoms with van der Waals surface area (Å²) in [6.45, 7) is 0.743. The molecule has 0 amide bonds. The molecule has 1 unspecified atom stereocenters. The molecule has 2 aliphatic rings. The zero-order chi connectivity index (χ0) is 12.6. The summed E-state index contributed by atoms with van der Waals surface area (Å²) < 4.78 is 8.79. The summed E-state index contributed by atoms with van der Waals surface area (Å²) in [7, 11) is 0. The second-order valence-corrected chi connectivity index (χ2v) is 6.15. The van der Waals surface area contributed by atoms with E-state index in [0.29, 0.717) is 10.7 Å². The number of aromatic nitrogens is 3. The van der Waals surface area contributed by atoms with Crippen LogP contribution in [0.1, 0.15) is 44.9 Å². The molecular formula is C12H19BrN4O. The fourth-order valence-electron chi connectivity index (χ4n) is 3.24. The van der Waals surface area contributed by atoms with Crippen LogP contribution in [0.5, 0.6) is 0 Å². The van der Waals surface area contributed by atoms with Crippen molar-refractivity contribution in [1.82, 2.24) is 14.8 Å². The van der Waals surface area contributed by atoms with Crippen molar-refractivity contribution in [3.8, 4) is 0 Å². The van der Waals surface area contributed by atoms with E-state index in [9.17, 15) is 0 Å². The summed E-state index contributed by atoms with van der Waals surface area (Å²) in [6.07, 6.45) is 9.00. The van der Waals surface area contributed by atoms with E-state index in [1.807, 2.05) is 0 Å². The van der Waals surface area contributed by atoms with Crippen LogP contribution in [-0.4, -0.2) is 26.5 Å². The standard InChI is InChI=1S/C12H19BrN4O/c13-10-15-11(14)16-17(10)8-9-4-7-12(18-9)5-2-1-3-6-12/h9H,1-8H2,(H2,14,16). The lowest BCUT2D eigenvalue weighted by Crippen LogP contribution is -2.32. The highest BCUT2D eigenvalue weighted by Crippen LogP contribution is 2.42. The molecule has 1 saturated heterocycles. The van der Waals surface area contributed by atoms with Crippen molar-refractivity contribution in [2.45, 2.75) is 63.2 Å². The number of halogens is 1. The second-order valence-electron chi connectivity index (χ2n) is 5.44. The summed E-state index contributed by atoms with van der Waals surface area (Å²) in [5.74, 6) is 0.312. The van der Waals surface area contributed by atoms with Crippen molar-refractivity contribution in [2.75, 3.05) is 5.73 Å². The predicted molar refractivity (Wildman–Crippen MR) is 72.1 cm³/mol. The van der Waals surface area contributed by atoms with Gasteiger partial charge in [0.05, 0.1) is 18.2 Å². The molecule has 1 atom stereocenters. The van der Waals surface area contributed by atoms with Crippen LogP contribution in [0.3, 0.4) is 0 Å². The zero-order valence-corrected chi connectivity index (χ0v) is 12.0. The number of ether oxygens (including phenoxy) is 1. The van der Waals surface area contributed by atoms with Crippen molar-refractivity contribution >= 4 is 21.9 Å². The number of nitrogen functional groups attached to an aromatic ring is 1. The maximum Gasteiger partial charge on any atom is 0.240 e. The molecule has 0 radical (unpaired) electrons. The van der Waals surface area contributed by atoms with Gasteiger partial charge < -0.3 is 10.5 Å². The monoisotopic (exact) mass is 314 g/mol. The topological polar surface area (TPSA) is 66.0 Å². The maximum atomic E-state index is 6.31. The molecule has 1 saturated carbocycles. The van der Waals surface area contributed by atoms with Crippen molar-refractivity contribution in [3.05, 3.63) is 4.73 Å². The molecule has 100 valence electrons. The minimum Gasteiger partial charge on any atom is -0.370 e. The van der Waals surface area contributed by atoms with Crippen LogP contribution in [0.25, 0.3) is 0 Å². The molecule has 1 aliphatic carbocycles. The first-order chi connectivity index (χ1) is 8.67. The first kappa shape index (κ1) is 12.4. The molecule has 3 rings (SSSR count). The van der Waals surface area contributed by atoms with Crippen LogP contribution >= 0.6 is 15.9 Å². The molecule has 2 fully saturated rings. The summed E-state index contributed by atoms with van der Waals surface area (Å²) in [6, 6.07) is 0. The van der Waals surface area contributed by atoms with Crippen LogP contribution in [0.15, 0.2) is 4.73 Å². The van der Waals surface area contributed by atoms with Gasteiger partial charge in [0.15, 0.2) is 4.73 Å². The molecule has 0 bridgehead atoms. The number of hydrogen-bond donors (Lipinski definition) is 1. The second kappa shape index (κ2) is 4.81. The average Bonchev–Trinajstić information content (AvgIpc) is 2.86. The lowest BCUT2D eigenvalue weighted by molar-refractivity contribution is -0.0690. The Balaban J connectivity index is 1.64. The molecule has 1 aromatic heterocycles. The Kier molecular flexibility index (Phi) is 3.32. The number of rotatable bonds is 2. The minimum atomic E-state index is 0.168. The Bertz CT molecular complexity index is 428. The van der Waals surface area contributed by atoms with E-state index in [1.54, 1.807) is 4.68 Å². The van der Waals surface area contributed by atoms with Crippen molar-refractivity contribution in [2.24, 2.45) is 0 Å². The highest BCUT2D eigenvalue weighted by atomic mass is 79.9. The summed E-state index contributed by atoms with van der Waals surface area (Å²) in [5, 5.41) is 4.16. The Hall–Kier alpha value is -0.620. The van der Waals surface area contributed by atoms with Gasteiger partial charge in [-0.3, -0.25) is 0 Å². The molecular weight excluding hydrogens is 296 g/mol. The molecule has 1 aliphatic heterocycles. The highest BCUT2D eigenvalue weighted by Gasteiger charge is 2.40. The van der Waals surface area contributed by atoms with E-state index in [2.05, 4.69) is 26.0 Å². The fourth-order valence-corrected chi connectivity index (χ4v) is 3.64. The largest absolute Gasteiger partial charge is 0.370 e. The highest BCUT2D eigenvalue weighted by molar-refractivity contribution is 9.10. The van der Waals surface area contributed by atoms with Crippen LogP contribution in [0.4, 0.5) is 5.95 Å². The van der Waals surface area contributed by atoms with E-state index >= 15 is 0 Å². The summed E-state index contributed by atoms with van der Waals surface area (Å²) >= 11 is 3.37. The Morgan fingerprint density at radius 3 is 2.78 bits per heavy atom. The Labute approximate surface area is 115 Å². The van der Waals surface area contributed by atoms with E-state index in [0.717, 1.165) is 13.0 Å². The van der Waals surface area contributed by atoms with Gasteiger partial charge in [0, 0.05) is 0 Å². The van der Waals surface area contributed by atoms with Gasteiger partial charge in [0.25, 0.3) is 0 Å². The molecule has 18 heavy (non-hydrogen) atoms. The molecule has 1 spiro atoms. The lowest BCUT2D eigenvalue weighted by atomic mass is 9.83. The number of nitrogens with two attached hydrogens (primary N) is 1. The lowest BCUT2D eigenvalue weighted by Gasteiger charge is -2.33. The first-order valence-corrected chi connectivity index (χ1v) is 7.50. The van der Waals surface area contributed by atoms with Crippen molar-refractivity contribution in [1.29, 1.82) is 0 Å². The third-order valence-corrected chi connectivity index (χ3v) is 4.71. The van der Waals surface area contributed by atoms with E-state index in [1.165, 1.54) is 38.5 Å².